The Morgan fingerprint density at radius 1 is 1.03 bits per heavy atom. The number of amides is 1. The summed E-state index contributed by atoms with van der Waals surface area (Å²) in [6.45, 7) is 0.131. The summed E-state index contributed by atoms with van der Waals surface area (Å²) in [5.74, 6) is 0.537. The molecule has 0 radical (unpaired) electrons. The van der Waals surface area contributed by atoms with Gasteiger partial charge in [-0.05, 0) is 48.0 Å². The van der Waals surface area contributed by atoms with Gasteiger partial charge in [0.1, 0.15) is 5.75 Å². The number of hydrogen-bond donors (Lipinski definition) is 1. The quantitative estimate of drug-likeness (QED) is 0.312. The number of rotatable bonds is 5. The van der Waals surface area contributed by atoms with E-state index in [0.717, 1.165) is 0 Å². The summed E-state index contributed by atoms with van der Waals surface area (Å²) in [7, 11) is 0. The number of hydrazone groups is 1. The summed E-state index contributed by atoms with van der Waals surface area (Å²) < 4.78 is 15.9. The van der Waals surface area contributed by atoms with Gasteiger partial charge >= 0.3 is 5.97 Å². The molecule has 8 heteroatoms. The van der Waals surface area contributed by atoms with Crippen LogP contribution in [0, 0.1) is 0 Å². The first-order chi connectivity index (χ1) is 14.2. The third-order valence-corrected chi connectivity index (χ3v) is 3.98. The summed E-state index contributed by atoms with van der Waals surface area (Å²) in [6.07, 6.45) is 4.48. The van der Waals surface area contributed by atoms with E-state index in [9.17, 15) is 9.59 Å². The van der Waals surface area contributed by atoms with Crippen molar-refractivity contribution in [3.63, 3.8) is 0 Å². The van der Waals surface area contributed by atoms with E-state index in [-0.39, 0.29) is 12.7 Å². The summed E-state index contributed by atoms with van der Waals surface area (Å²) in [6, 6.07) is 14.9. The van der Waals surface area contributed by atoms with Gasteiger partial charge in [0.25, 0.3) is 5.91 Å². The highest BCUT2D eigenvalue weighted by Crippen LogP contribution is 2.32. The first-order valence-corrected chi connectivity index (χ1v) is 8.64. The number of pyridine rings is 1. The van der Waals surface area contributed by atoms with Gasteiger partial charge in [-0.15, -0.1) is 0 Å². The van der Waals surface area contributed by atoms with Crippen molar-refractivity contribution in [2.75, 3.05) is 6.79 Å². The van der Waals surface area contributed by atoms with Gasteiger partial charge in [0.15, 0.2) is 11.5 Å². The van der Waals surface area contributed by atoms with Gasteiger partial charge in [-0.2, -0.15) is 5.10 Å². The highest BCUT2D eigenvalue weighted by atomic mass is 16.7. The van der Waals surface area contributed by atoms with Crippen LogP contribution in [-0.4, -0.2) is 29.9 Å². The zero-order valence-electron chi connectivity index (χ0n) is 15.1. The molecule has 29 heavy (non-hydrogen) atoms. The van der Waals surface area contributed by atoms with Crippen LogP contribution < -0.4 is 19.6 Å². The monoisotopic (exact) mass is 389 g/mol. The van der Waals surface area contributed by atoms with Crippen molar-refractivity contribution in [2.24, 2.45) is 5.10 Å². The van der Waals surface area contributed by atoms with E-state index in [1.165, 1.54) is 12.4 Å². The standard InChI is InChI=1S/C21H15N3O5/c25-20(16-4-2-8-22-12-16)24-23-11-14-3-1-5-17(9-14)29-21(26)15-6-7-18-19(10-15)28-13-27-18/h1-12H,13H2,(H,24,25)/b23-11-. The molecule has 1 aliphatic rings. The van der Waals surface area contributed by atoms with Crippen molar-refractivity contribution in [1.29, 1.82) is 0 Å². The van der Waals surface area contributed by atoms with E-state index in [1.807, 2.05) is 0 Å². The van der Waals surface area contributed by atoms with E-state index in [2.05, 4.69) is 15.5 Å². The minimum Gasteiger partial charge on any atom is -0.454 e. The fourth-order valence-electron chi connectivity index (χ4n) is 2.57. The highest BCUT2D eigenvalue weighted by molar-refractivity contribution is 5.94. The van der Waals surface area contributed by atoms with Gasteiger partial charge in [0.05, 0.1) is 17.3 Å². The lowest BCUT2D eigenvalue weighted by Gasteiger charge is -2.06. The van der Waals surface area contributed by atoms with Gasteiger partial charge in [0.2, 0.25) is 6.79 Å². The second-order valence-electron chi connectivity index (χ2n) is 5.97. The molecule has 1 aromatic heterocycles. The summed E-state index contributed by atoms with van der Waals surface area (Å²) in [5.41, 5.74) is 3.80. The van der Waals surface area contributed by atoms with Crippen LogP contribution in [0.1, 0.15) is 26.3 Å². The maximum atomic E-state index is 12.4. The molecular formula is C21H15N3O5. The number of benzene rings is 2. The molecule has 0 spiro atoms. The van der Waals surface area contributed by atoms with Crippen LogP contribution in [0.2, 0.25) is 0 Å². The molecule has 2 aromatic carbocycles. The van der Waals surface area contributed by atoms with E-state index in [1.54, 1.807) is 60.8 Å². The highest BCUT2D eigenvalue weighted by Gasteiger charge is 2.17. The Morgan fingerprint density at radius 2 is 1.93 bits per heavy atom. The summed E-state index contributed by atoms with van der Waals surface area (Å²) in [5, 5.41) is 3.91. The van der Waals surface area contributed by atoms with E-state index >= 15 is 0 Å². The summed E-state index contributed by atoms with van der Waals surface area (Å²) >= 11 is 0. The lowest BCUT2D eigenvalue weighted by molar-refractivity contribution is 0.0734. The maximum absolute atomic E-state index is 12.4. The lowest BCUT2D eigenvalue weighted by atomic mass is 10.2. The van der Waals surface area contributed by atoms with Crippen LogP contribution >= 0.6 is 0 Å². The Balaban J connectivity index is 1.39. The predicted octanol–water partition coefficient (Wildman–Crippen LogP) is 2.79. The number of ether oxygens (including phenoxy) is 3. The van der Waals surface area contributed by atoms with Gasteiger partial charge in [-0.3, -0.25) is 9.78 Å². The van der Waals surface area contributed by atoms with Crippen LogP contribution in [-0.2, 0) is 0 Å². The lowest BCUT2D eigenvalue weighted by Crippen LogP contribution is -2.17. The molecule has 2 heterocycles. The molecule has 1 aliphatic heterocycles. The smallest absolute Gasteiger partial charge is 0.343 e. The largest absolute Gasteiger partial charge is 0.454 e. The van der Waals surface area contributed by atoms with Gasteiger partial charge in [0, 0.05) is 12.4 Å². The van der Waals surface area contributed by atoms with Gasteiger partial charge in [-0.25, -0.2) is 10.2 Å². The fraction of sp³-hybridized carbons (Fsp3) is 0.0476. The number of carbonyl (C=O) groups excluding carboxylic acids is 2. The third kappa shape index (κ3) is 4.38. The molecule has 144 valence electrons. The predicted molar refractivity (Wildman–Crippen MR) is 103 cm³/mol. The Bertz CT molecular complexity index is 1080. The molecule has 1 N–H and O–H groups in total. The molecule has 8 nitrogen and oxygen atoms in total. The third-order valence-electron chi connectivity index (χ3n) is 3.98. The first-order valence-electron chi connectivity index (χ1n) is 8.64. The molecule has 3 aromatic rings. The first kappa shape index (κ1) is 18.2. The van der Waals surface area contributed by atoms with Crippen molar-refractivity contribution in [1.82, 2.24) is 10.4 Å². The molecule has 0 fully saturated rings. The number of fused-ring (bicyclic) bond motifs is 1. The SMILES string of the molecule is O=C(N/N=C\c1cccc(OC(=O)c2ccc3c(c2)OCO3)c1)c1cccnc1. The molecule has 0 bridgehead atoms. The zero-order valence-corrected chi connectivity index (χ0v) is 15.1. The van der Waals surface area contributed by atoms with E-state index in [4.69, 9.17) is 14.2 Å². The van der Waals surface area contributed by atoms with Crippen LogP contribution in [0.5, 0.6) is 17.2 Å². The molecule has 0 saturated carbocycles. The minimum absolute atomic E-state index is 0.131. The molecule has 0 saturated heterocycles. The number of hydrogen-bond acceptors (Lipinski definition) is 7. The van der Waals surface area contributed by atoms with Crippen molar-refractivity contribution in [3.05, 3.63) is 83.7 Å². The molecule has 0 unspecified atom stereocenters. The average Bonchev–Trinajstić information content (AvgIpc) is 3.22. The number of esters is 1. The number of aromatic nitrogens is 1. The Labute approximate surface area is 165 Å². The molecule has 1 amide bonds. The van der Waals surface area contributed by atoms with Crippen LogP contribution in [0.25, 0.3) is 0 Å². The average molecular weight is 389 g/mol. The topological polar surface area (TPSA) is 99.1 Å². The normalized spacial score (nSPS) is 12.0. The van der Waals surface area contributed by atoms with Gasteiger partial charge < -0.3 is 14.2 Å². The van der Waals surface area contributed by atoms with Crippen molar-refractivity contribution in [2.45, 2.75) is 0 Å². The summed E-state index contributed by atoms with van der Waals surface area (Å²) in [4.78, 5) is 28.2. The van der Waals surface area contributed by atoms with Crippen molar-refractivity contribution >= 4 is 18.1 Å². The van der Waals surface area contributed by atoms with Crippen LogP contribution in [0.15, 0.2) is 72.1 Å². The zero-order chi connectivity index (χ0) is 20.1. The van der Waals surface area contributed by atoms with Crippen LogP contribution in [0.3, 0.4) is 0 Å². The van der Waals surface area contributed by atoms with E-state index in [0.29, 0.717) is 33.9 Å². The minimum atomic E-state index is -0.526. The van der Waals surface area contributed by atoms with E-state index < -0.39 is 5.97 Å². The second kappa shape index (κ2) is 8.22. The van der Waals surface area contributed by atoms with Gasteiger partial charge in [-0.1, -0.05) is 12.1 Å². The second-order valence-corrected chi connectivity index (χ2v) is 5.97. The Hall–Kier alpha value is -4.20. The Morgan fingerprint density at radius 3 is 2.79 bits per heavy atom. The maximum Gasteiger partial charge on any atom is 0.343 e. The molecule has 4 rings (SSSR count). The van der Waals surface area contributed by atoms with Crippen LogP contribution in [0.4, 0.5) is 0 Å². The van der Waals surface area contributed by atoms with Crippen molar-refractivity contribution < 1.29 is 23.8 Å². The Kier molecular flexibility index (Phi) is 5.15. The fourth-order valence-corrected chi connectivity index (χ4v) is 2.57. The molecule has 0 aliphatic carbocycles. The number of nitrogens with one attached hydrogen (secondary N) is 1. The molecular weight excluding hydrogens is 374 g/mol. The number of nitrogens with zero attached hydrogens (tertiary/aromatic N) is 2. The number of carbonyl (C=O) groups is 2. The molecule has 0 atom stereocenters. The van der Waals surface area contributed by atoms with Crippen molar-refractivity contribution in [3.8, 4) is 17.2 Å².